The average Bonchev–Trinajstić information content (AvgIpc) is 2.33. The van der Waals surface area contributed by atoms with Crippen LogP contribution in [0.4, 0.5) is 0 Å². The molecule has 0 spiro atoms. The van der Waals surface area contributed by atoms with E-state index < -0.39 is 9.84 Å². The molecular formula is C13H26N2O3S. The van der Waals surface area contributed by atoms with Crippen molar-refractivity contribution in [3.05, 3.63) is 0 Å². The lowest BCUT2D eigenvalue weighted by atomic mass is 9.95. The molecule has 0 saturated heterocycles. The fourth-order valence-electron chi connectivity index (χ4n) is 2.34. The number of hydrogen-bond donors (Lipinski definition) is 2. The highest BCUT2D eigenvalue weighted by atomic mass is 32.2. The van der Waals surface area contributed by atoms with Crippen LogP contribution in [0.3, 0.4) is 0 Å². The van der Waals surface area contributed by atoms with Gasteiger partial charge in [0.2, 0.25) is 5.91 Å². The first kappa shape index (κ1) is 16.4. The zero-order chi connectivity index (χ0) is 14.5. The molecule has 6 heteroatoms. The zero-order valence-corrected chi connectivity index (χ0v) is 12.9. The average molecular weight is 290 g/mol. The Hall–Kier alpha value is -0.620. The SMILES string of the molecule is CC(C)CNC(=O)CNC1CCCC(S(C)(=O)=O)C1. The minimum atomic E-state index is -2.96. The number of rotatable bonds is 6. The minimum absolute atomic E-state index is 0.0184. The Morgan fingerprint density at radius 3 is 2.58 bits per heavy atom. The first-order valence-electron chi connectivity index (χ1n) is 6.98. The van der Waals surface area contributed by atoms with Crippen LogP contribution in [0, 0.1) is 5.92 Å². The Morgan fingerprint density at radius 1 is 1.32 bits per heavy atom. The molecular weight excluding hydrogens is 264 g/mol. The topological polar surface area (TPSA) is 75.3 Å². The minimum Gasteiger partial charge on any atom is -0.355 e. The van der Waals surface area contributed by atoms with Gasteiger partial charge in [-0.3, -0.25) is 4.79 Å². The van der Waals surface area contributed by atoms with Crippen molar-refractivity contribution in [3.8, 4) is 0 Å². The Morgan fingerprint density at radius 2 is 2.00 bits per heavy atom. The smallest absolute Gasteiger partial charge is 0.233 e. The lowest BCUT2D eigenvalue weighted by molar-refractivity contribution is -0.120. The van der Waals surface area contributed by atoms with Crippen LogP contribution < -0.4 is 10.6 Å². The van der Waals surface area contributed by atoms with Crippen LogP contribution in [0.2, 0.25) is 0 Å². The lowest BCUT2D eigenvalue weighted by Gasteiger charge is -2.28. The van der Waals surface area contributed by atoms with Crippen LogP contribution in [0.5, 0.6) is 0 Å². The van der Waals surface area contributed by atoms with Crippen molar-refractivity contribution in [1.82, 2.24) is 10.6 Å². The van der Waals surface area contributed by atoms with E-state index in [9.17, 15) is 13.2 Å². The van der Waals surface area contributed by atoms with E-state index in [0.717, 1.165) is 19.3 Å². The molecule has 0 aliphatic heterocycles. The monoisotopic (exact) mass is 290 g/mol. The predicted molar refractivity (Wildman–Crippen MR) is 76.7 cm³/mol. The molecule has 2 unspecified atom stereocenters. The van der Waals surface area contributed by atoms with Crippen LogP contribution in [0.1, 0.15) is 39.5 Å². The van der Waals surface area contributed by atoms with Crippen molar-refractivity contribution in [2.45, 2.75) is 50.8 Å². The fourth-order valence-corrected chi connectivity index (χ4v) is 3.51. The van der Waals surface area contributed by atoms with Gasteiger partial charge >= 0.3 is 0 Å². The van der Waals surface area contributed by atoms with E-state index in [1.807, 2.05) is 13.8 Å². The van der Waals surface area contributed by atoms with E-state index in [1.165, 1.54) is 6.26 Å². The molecule has 112 valence electrons. The van der Waals surface area contributed by atoms with Gasteiger partial charge in [-0.1, -0.05) is 20.3 Å². The standard InChI is InChI=1S/C13H26N2O3S/c1-10(2)8-15-13(16)9-14-11-5-4-6-12(7-11)19(3,17)18/h10-12,14H,4-9H2,1-3H3,(H,15,16). The summed E-state index contributed by atoms with van der Waals surface area (Å²) in [7, 11) is -2.96. The molecule has 0 aromatic rings. The number of carbonyl (C=O) groups excluding carboxylic acids is 1. The number of sulfone groups is 1. The summed E-state index contributed by atoms with van der Waals surface area (Å²) < 4.78 is 23.1. The Bertz CT molecular complexity index is 393. The summed E-state index contributed by atoms with van der Waals surface area (Å²) in [4.78, 5) is 11.6. The molecule has 2 N–H and O–H groups in total. The summed E-state index contributed by atoms with van der Waals surface area (Å²) in [6.07, 6.45) is 4.52. The highest BCUT2D eigenvalue weighted by molar-refractivity contribution is 7.91. The zero-order valence-electron chi connectivity index (χ0n) is 12.1. The summed E-state index contributed by atoms with van der Waals surface area (Å²) in [5.41, 5.74) is 0. The predicted octanol–water partition coefficient (Wildman–Crippen LogP) is 0.704. The van der Waals surface area contributed by atoms with Crippen LogP contribution >= 0.6 is 0 Å². The van der Waals surface area contributed by atoms with Crippen LogP contribution in [0.25, 0.3) is 0 Å². The molecule has 0 bridgehead atoms. The first-order valence-corrected chi connectivity index (χ1v) is 8.93. The van der Waals surface area contributed by atoms with Crippen molar-refractivity contribution in [2.75, 3.05) is 19.3 Å². The maximum absolute atomic E-state index is 11.6. The van der Waals surface area contributed by atoms with Gasteiger partial charge in [-0.25, -0.2) is 8.42 Å². The van der Waals surface area contributed by atoms with Gasteiger partial charge in [0.15, 0.2) is 0 Å². The van der Waals surface area contributed by atoms with Crippen molar-refractivity contribution >= 4 is 15.7 Å². The van der Waals surface area contributed by atoms with E-state index in [2.05, 4.69) is 10.6 Å². The van der Waals surface area contributed by atoms with Gasteiger partial charge in [0.25, 0.3) is 0 Å². The van der Waals surface area contributed by atoms with Crippen molar-refractivity contribution in [1.29, 1.82) is 0 Å². The quantitative estimate of drug-likeness (QED) is 0.755. The van der Waals surface area contributed by atoms with Crippen molar-refractivity contribution in [3.63, 3.8) is 0 Å². The number of carbonyl (C=O) groups is 1. The van der Waals surface area contributed by atoms with Gasteiger partial charge in [-0.05, 0) is 25.2 Å². The summed E-state index contributed by atoms with van der Waals surface area (Å²) in [5, 5.41) is 5.76. The normalized spacial score (nSPS) is 24.4. The molecule has 1 saturated carbocycles. The molecule has 0 aromatic heterocycles. The molecule has 5 nitrogen and oxygen atoms in total. The number of amides is 1. The number of nitrogens with one attached hydrogen (secondary N) is 2. The summed E-state index contributed by atoms with van der Waals surface area (Å²) in [5.74, 6) is 0.420. The Balaban J connectivity index is 2.31. The van der Waals surface area contributed by atoms with Gasteiger partial charge < -0.3 is 10.6 Å². The third kappa shape index (κ3) is 6.38. The van der Waals surface area contributed by atoms with Crippen LogP contribution in [-0.4, -0.2) is 45.0 Å². The van der Waals surface area contributed by atoms with E-state index in [1.54, 1.807) is 0 Å². The third-order valence-corrected chi connectivity index (χ3v) is 5.13. The lowest BCUT2D eigenvalue weighted by Crippen LogP contribution is -2.44. The highest BCUT2D eigenvalue weighted by Crippen LogP contribution is 2.23. The molecule has 1 rings (SSSR count). The second-order valence-electron chi connectivity index (χ2n) is 5.89. The van der Waals surface area contributed by atoms with Gasteiger partial charge in [-0.15, -0.1) is 0 Å². The van der Waals surface area contributed by atoms with Gasteiger partial charge in [0.1, 0.15) is 9.84 Å². The summed E-state index contributed by atoms with van der Waals surface area (Å²) in [6.45, 7) is 5.04. The van der Waals surface area contributed by atoms with E-state index in [0.29, 0.717) is 18.9 Å². The van der Waals surface area contributed by atoms with Crippen LogP contribution in [-0.2, 0) is 14.6 Å². The maximum atomic E-state index is 11.6. The maximum Gasteiger partial charge on any atom is 0.233 e. The molecule has 1 aliphatic rings. The van der Waals surface area contributed by atoms with E-state index in [4.69, 9.17) is 0 Å². The van der Waals surface area contributed by atoms with Crippen molar-refractivity contribution < 1.29 is 13.2 Å². The molecule has 0 radical (unpaired) electrons. The van der Waals surface area contributed by atoms with E-state index >= 15 is 0 Å². The number of hydrogen-bond acceptors (Lipinski definition) is 4. The highest BCUT2D eigenvalue weighted by Gasteiger charge is 2.28. The molecule has 0 aromatic carbocycles. The van der Waals surface area contributed by atoms with Crippen molar-refractivity contribution in [2.24, 2.45) is 5.92 Å². The molecule has 19 heavy (non-hydrogen) atoms. The second kappa shape index (κ2) is 7.24. The second-order valence-corrected chi connectivity index (χ2v) is 8.22. The van der Waals surface area contributed by atoms with Gasteiger partial charge in [-0.2, -0.15) is 0 Å². The molecule has 1 amide bonds. The van der Waals surface area contributed by atoms with Gasteiger partial charge in [0.05, 0.1) is 11.8 Å². The Labute approximate surface area is 116 Å². The molecule has 0 heterocycles. The molecule has 2 atom stereocenters. The largest absolute Gasteiger partial charge is 0.355 e. The van der Waals surface area contributed by atoms with Gasteiger partial charge in [0, 0.05) is 18.8 Å². The molecule has 1 fully saturated rings. The third-order valence-electron chi connectivity index (χ3n) is 3.49. The van der Waals surface area contributed by atoms with Crippen LogP contribution in [0.15, 0.2) is 0 Å². The first-order chi connectivity index (χ1) is 8.79. The summed E-state index contributed by atoms with van der Waals surface area (Å²) in [6, 6.07) is 0.137. The van der Waals surface area contributed by atoms with E-state index in [-0.39, 0.29) is 23.7 Å². The molecule has 1 aliphatic carbocycles. The Kier molecular flexibility index (Phi) is 6.26. The summed E-state index contributed by atoms with van der Waals surface area (Å²) >= 11 is 0. The fraction of sp³-hybridized carbons (Fsp3) is 0.923.